The van der Waals surface area contributed by atoms with Crippen LogP contribution in [0.15, 0.2) is 60.7 Å². The Morgan fingerprint density at radius 1 is 0.900 bits per heavy atom. The maximum absolute atomic E-state index is 13.5. The SMILES string of the molecule is COc1cc(C(=O)N2Cc3ccccc3-c3ccccc3C2)c([N+](=O)[O-])cc1OC. The van der Waals surface area contributed by atoms with Gasteiger partial charge in [0.05, 0.1) is 25.2 Å². The largest absolute Gasteiger partial charge is 0.493 e. The predicted molar refractivity (Wildman–Crippen MR) is 112 cm³/mol. The Morgan fingerprint density at radius 2 is 1.40 bits per heavy atom. The number of nitro groups is 1. The molecule has 7 heteroatoms. The molecule has 1 aliphatic rings. The van der Waals surface area contributed by atoms with Crippen molar-refractivity contribution < 1.29 is 19.2 Å². The Labute approximate surface area is 173 Å². The Kier molecular flexibility index (Phi) is 5.10. The van der Waals surface area contributed by atoms with Crippen molar-refractivity contribution >= 4 is 11.6 Å². The van der Waals surface area contributed by atoms with Crippen molar-refractivity contribution in [2.45, 2.75) is 13.1 Å². The van der Waals surface area contributed by atoms with Crippen molar-refractivity contribution in [2.75, 3.05) is 14.2 Å². The van der Waals surface area contributed by atoms with Crippen molar-refractivity contribution in [1.29, 1.82) is 0 Å². The number of amides is 1. The number of carbonyl (C=O) groups excluding carboxylic acids is 1. The van der Waals surface area contributed by atoms with Gasteiger partial charge in [0.1, 0.15) is 5.56 Å². The molecule has 0 unspecified atom stereocenters. The quantitative estimate of drug-likeness (QED) is 0.474. The van der Waals surface area contributed by atoms with Gasteiger partial charge in [-0.3, -0.25) is 14.9 Å². The van der Waals surface area contributed by atoms with Gasteiger partial charge in [0.2, 0.25) is 0 Å². The van der Waals surface area contributed by atoms with Crippen molar-refractivity contribution in [3.63, 3.8) is 0 Å². The summed E-state index contributed by atoms with van der Waals surface area (Å²) in [6.45, 7) is 0.685. The minimum absolute atomic E-state index is 0.0329. The molecule has 0 spiro atoms. The Morgan fingerprint density at radius 3 is 1.90 bits per heavy atom. The van der Waals surface area contributed by atoms with Gasteiger partial charge in [-0.05, 0) is 22.3 Å². The van der Waals surface area contributed by atoms with E-state index in [1.54, 1.807) is 4.90 Å². The van der Waals surface area contributed by atoms with Crippen LogP contribution in [-0.4, -0.2) is 29.9 Å². The third-order valence-corrected chi connectivity index (χ3v) is 5.26. The minimum Gasteiger partial charge on any atom is -0.493 e. The highest BCUT2D eigenvalue weighted by Crippen LogP contribution is 2.37. The number of carbonyl (C=O) groups is 1. The molecule has 0 saturated heterocycles. The summed E-state index contributed by atoms with van der Waals surface area (Å²) in [5.74, 6) is 0.0311. The molecule has 0 radical (unpaired) electrons. The normalized spacial score (nSPS) is 12.4. The van der Waals surface area contributed by atoms with Crippen molar-refractivity contribution in [3.8, 4) is 22.6 Å². The second-order valence-corrected chi connectivity index (χ2v) is 6.96. The highest BCUT2D eigenvalue weighted by Gasteiger charge is 2.30. The highest BCUT2D eigenvalue weighted by molar-refractivity contribution is 5.99. The zero-order valence-electron chi connectivity index (χ0n) is 16.6. The minimum atomic E-state index is -0.574. The van der Waals surface area contributed by atoms with Crippen molar-refractivity contribution in [3.05, 3.63) is 87.5 Å². The monoisotopic (exact) mass is 404 g/mol. The number of hydrogen-bond donors (Lipinski definition) is 0. The predicted octanol–water partition coefficient (Wildman–Crippen LogP) is 4.44. The van der Waals surface area contributed by atoms with E-state index in [1.807, 2.05) is 48.5 Å². The molecule has 152 valence electrons. The first-order valence-corrected chi connectivity index (χ1v) is 9.39. The van der Waals surface area contributed by atoms with Crippen LogP contribution in [0.4, 0.5) is 5.69 Å². The van der Waals surface area contributed by atoms with E-state index in [4.69, 9.17) is 9.47 Å². The third-order valence-electron chi connectivity index (χ3n) is 5.26. The summed E-state index contributed by atoms with van der Waals surface area (Å²) in [6, 6.07) is 18.4. The topological polar surface area (TPSA) is 81.9 Å². The fourth-order valence-electron chi connectivity index (χ4n) is 3.81. The Bertz CT molecular complexity index is 1090. The molecule has 1 amide bonds. The summed E-state index contributed by atoms with van der Waals surface area (Å²) in [5, 5.41) is 11.7. The van der Waals surface area contributed by atoms with Crippen LogP contribution in [0.5, 0.6) is 11.5 Å². The fourth-order valence-corrected chi connectivity index (χ4v) is 3.81. The zero-order valence-corrected chi connectivity index (χ0v) is 16.6. The maximum Gasteiger partial charge on any atom is 0.286 e. The number of fused-ring (bicyclic) bond motifs is 3. The van der Waals surface area contributed by atoms with E-state index in [2.05, 4.69) is 0 Å². The van der Waals surface area contributed by atoms with E-state index in [1.165, 1.54) is 26.4 Å². The molecule has 3 aromatic rings. The number of hydrogen-bond acceptors (Lipinski definition) is 5. The van der Waals surface area contributed by atoms with Gasteiger partial charge < -0.3 is 14.4 Å². The molecule has 7 nitrogen and oxygen atoms in total. The Hall–Kier alpha value is -3.87. The summed E-state index contributed by atoms with van der Waals surface area (Å²) in [5.41, 5.74) is 3.74. The molecule has 1 aliphatic heterocycles. The van der Waals surface area contributed by atoms with E-state index in [9.17, 15) is 14.9 Å². The lowest BCUT2D eigenvalue weighted by atomic mass is 9.97. The lowest BCUT2D eigenvalue weighted by molar-refractivity contribution is -0.385. The van der Waals surface area contributed by atoms with Gasteiger partial charge in [-0.1, -0.05) is 48.5 Å². The molecule has 1 heterocycles. The summed E-state index contributed by atoms with van der Waals surface area (Å²) < 4.78 is 10.4. The number of nitro benzene ring substituents is 1. The van der Waals surface area contributed by atoms with Gasteiger partial charge in [-0.2, -0.15) is 0 Å². The summed E-state index contributed by atoms with van der Waals surface area (Å²) in [7, 11) is 2.82. The van der Waals surface area contributed by atoms with Crippen LogP contribution in [0, 0.1) is 10.1 Å². The first-order valence-electron chi connectivity index (χ1n) is 9.39. The van der Waals surface area contributed by atoms with Gasteiger partial charge >= 0.3 is 0 Å². The molecule has 0 bridgehead atoms. The average molecular weight is 404 g/mol. The zero-order chi connectivity index (χ0) is 21.3. The second kappa shape index (κ2) is 7.87. The summed E-state index contributed by atoms with van der Waals surface area (Å²) in [6.07, 6.45) is 0. The molecule has 0 N–H and O–H groups in total. The smallest absolute Gasteiger partial charge is 0.286 e. The van der Waals surface area contributed by atoms with Crippen molar-refractivity contribution in [2.24, 2.45) is 0 Å². The van der Waals surface area contributed by atoms with Crippen molar-refractivity contribution in [1.82, 2.24) is 4.90 Å². The van der Waals surface area contributed by atoms with E-state index in [0.717, 1.165) is 22.3 Å². The number of rotatable bonds is 4. The van der Waals surface area contributed by atoms with Gasteiger partial charge in [0, 0.05) is 19.2 Å². The first kappa shape index (κ1) is 19.4. The molecule has 0 atom stereocenters. The van der Waals surface area contributed by atoms with Gasteiger partial charge in [0.25, 0.3) is 11.6 Å². The summed E-state index contributed by atoms with van der Waals surface area (Å²) >= 11 is 0. The fraction of sp³-hybridized carbons (Fsp3) is 0.174. The van der Waals surface area contributed by atoms with Gasteiger partial charge in [-0.25, -0.2) is 0 Å². The van der Waals surface area contributed by atoms with Crippen LogP contribution in [0.1, 0.15) is 21.5 Å². The molecule has 30 heavy (non-hydrogen) atoms. The molecule has 0 fully saturated rings. The lowest BCUT2D eigenvalue weighted by Gasteiger charge is -2.22. The molecular formula is C23H20N2O5. The molecule has 3 aromatic carbocycles. The van der Waals surface area contributed by atoms with Gasteiger partial charge in [0.15, 0.2) is 11.5 Å². The molecule has 0 saturated carbocycles. The number of methoxy groups -OCH3 is 2. The average Bonchev–Trinajstić information content (AvgIpc) is 2.94. The second-order valence-electron chi connectivity index (χ2n) is 6.96. The number of ether oxygens (including phenoxy) is 2. The number of benzene rings is 3. The van der Waals surface area contributed by atoms with Crippen LogP contribution < -0.4 is 9.47 Å². The van der Waals surface area contributed by atoms with Crippen LogP contribution >= 0.6 is 0 Å². The van der Waals surface area contributed by atoms with E-state index < -0.39 is 10.8 Å². The Balaban J connectivity index is 1.82. The maximum atomic E-state index is 13.5. The molecular weight excluding hydrogens is 384 g/mol. The highest BCUT2D eigenvalue weighted by atomic mass is 16.6. The van der Waals surface area contributed by atoms with E-state index in [-0.39, 0.29) is 22.7 Å². The van der Waals surface area contributed by atoms with Gasteiger partial charge in [-0.15, -0.1) is 0 Å². The van der Waals surface area contributed by atoms with Crippen LogP contribution in [0.2, 0.25) is 0 Å². The van der Waals surface area contributed by atoms with E-state index >= 15 is 0 Å². The number of nitrogens with zero attached hydrogens (tertiary/aromatic N) is 2. The van der Waals surface area contributed by atoms with Crippen LogP contribution in [-0.2, 0) is 13.1 Å². The molecule has 0 aliphatic carbocycles. The van der Waals surface area contributed by atoms with E-state index in [0.29, 0.717) is 13.1 Å². The van der Waals surface area contributed by atoms with Crippen LogP contribution in [0.3, 0.4) is 0 Å². The third kappa shape index (κ3) is 3.34. The lowest BCUT2D eigenvalue weighted by Crippen LogP contribution is -2.30. The molecule has 0 aromatic heterocycles. The molecule has 4 rings (SSSR count). The standard InChI is InChI=1S/C23H20N2O5/c1-29-21-11-19(20(25(27)28)12-22(21)30-2)23(26)24-13-15-7-3-5-9-17(15)18-10-6-4-8-16(18)14-24/h3-12H,13-14H2,1-2H3. The first-order chi connectivity index (χ1) is 14.5. The summed E-state index contributed by atoms with van der Waals surface area (Å²) in [4.78, 5) is 26.2. The van der Waals surface area contributed by atoms with Crippen LogP contribution in [0.25, 0.3) is 11.1 Å².